The zero-order valence-electron chi connectivity index (χ0n) is 14.3. The van der Waals surface area contributed by atoms with Crippen LogP contribution in [0.5, 0.6) is 0 Å². The second-order valence-corrected chi connectivity index (χ2v) is 10.5. The quantitative estimate of drug-likeness (QED) is 0.369. The van der Waals surface area contributed by atoms with E-state index >= 15 is 0 Å². The monoisotopic (exact) mass is 470 g/mol. The molecular formula is C14H14O12S3. The van der Waals surface area contributed by atoms with Crippen molar-refractivity contribution in [1.82, 2.24) is 0 Å². The molecule has 1 aliphatic rings. The highest BCUT2D eigenvalue weighted by atomic mass is 32.2. The molecule has 1 aliphatic carbocycles. The van der Waals surface area contributed by atoms with Crippen molar-refractivity contribution in [3.8, 4) is 0 Å². The maximum atomic E-state index is 11.8. The Labute approximate surface area is 165 Å². The minimum atomic E-state index is -5.71. The fourth-order valence-corrected chi connectivity index (χ4v) is 5.23. The number of hydrogen-bond acceptors (Lipinski definition) is 8. The summed E-state index contributed by atoms with van der Waals surface area (Å²) in [5.74, 6) is -4.20. The summed E-state index contributed by atoms with van der Waals surface area (Å²) >= 11 is 0. The van der Waals surface area contributed by atoms with Crippen LogP contribution in [0.3, 0.4) is 0 Å². The molecule has 2 rings (SSSR count). The average Bonchev–Trinajstić information content (AvgIpc) is 2.52. The molecule has 0 aromatic heterocycles. The van der Waals surface area contributed by atoms with E-state index in [0.29, 0.717) is 6.08 Å². The summed E-state index contributed by atoms with van der Waals surface area (Å²) in [4.78, 5) is 9.53. The third kappa shape index (κ3) is 3.92. The van der Waals surface area contributed by atoms with Gasteiger partial charge >= 0.3 is 5.97 Å². The first-order chi connectivity index (χ1) is 12.9. The molecule has 12 nitrogen and oxygen atoms in total. The second-order valence-electron chi connectivity index (χ2n) is 6.10. The van der Waals surface area contributed by atoms with Crippen molar-refractivity contribution >= 4 is 41.9 Å². The number of aryl methyl sites for hydroxylation is 1. The number of carboxylic acids is 1. The van der Waals surface area contributed by atoms with Crippen LogP contribution in [-0.4, -0.2) is 59.8 Å². The maximum Gasteiger partial charge on any atom is 0.335 e. The molecular weight excluding hydrogens is 456 g/mol. The molecule has 0 heterocycles. The van der Waals surface area contributed by atoms with Gasteiger partial charge in [0.25, 0.3) is 35.1 Å². The van der Waals surface area contributed by atoms with Crippen LogP contribution in [0.1, 0.15) is 17.5 Å². The van der Waals surface area contributed by atoms with Crippen LogP contribution in [0.25, 0.3) is 5.57 Å². The Balaban J connectivity index is 2.94. The van der Waals surface area contributed by atoms with Crippen molar-refractivity contribution in [1.29, 1.82) is 0 Å². The highest BCUT2D eigenvalue weighted by Crippen LogP contribution is 2.43. The van der Waals surface area contributed by atoms with Crippen molar-refractivity contribution < 1.29 is 53.9 Å². The molecule has 1 aromatic rings. The van der Waals surface area contributed by atoms with E-state index in [2.05, 4.69) is 0 Å². The van der Waals surface area contributed by atoms with Gasteiger partial charge in [-0.3, -0.25) is 13.7 Å². The van der Waals surface area contributed by atoms with Gasteiger partial charge in [-0.1, -0.05) is 12.1 Å². The van der Waals surface area contributed by atoms with E-state index in [-0.39, 0.29) is 11.1 Å². The molecule has 1 unspecified atom stereocenters. The predicted octanol–water partition coefficient (Wildman–Crippen LogP) is 0.397. The van der Waals surface area contributed by atoms with E-state index in [4.69, 9.17) is 0 Å². The minimum absolute atomic E-state index is 0.0559. The van der Waals surface area contributed by atoms with Gasteiger partial charge in [-0.25, -0.2) is 4.79 Å². The number of hydrogen-bond donors (Lipinski definition) is 5. The van der Waals surface area contributed by atoms with Crippen molar-refractivity contribution in [3.63, 3.8) is 0 Å². The van der Waals surface area contributed by atoms with Crippen molar-refractivity contribution in [2.24, 2.45) is 0 Å². The van der Waals surface area contributed by atoms with Gasteiger partial charge in [0.1, 0.15) is 10.7 Å². The van der Waals surface area contributed by atoms with Gasteiger partial charge in [-0.05, 0) is 35.8 Å². The van der Waals surface area contributed by atoms with Crippen molar-refractivity contribution in [3.05, 3.63) is 46.1 Å². The lowest BCUT2D eigenvalue weighted by atomic mass is 9.87. The number of carboxylic acid groups (broad SMARTS) is 1. The van der Waals surface area contributed by atoms with Gasteiger partial charge in [-0.15, -0.1) is 0 Å². The number of carbonyl (C=O) groups is 1. The summed E-state index contributed by atoms with van der Waals surface area (Å²) in [6, 6.07) is 3.11. The van der Waals surface area contributed by atoms with Crippen molar-refractivity contribution in [2.45, 2.75) is 23.0 Å². The molecule has 0 amide bonds. The van der Waals surface area contributed by atoms with Crippen LogP contribution >= 0.6 is 0 Å². The zero-order chi connectivity index (χ0) is 22.6. The van der Waals surface area contributed by atoms with Crippen LogP contribution in [0.2, 0.25) is 0 Å². The number of aliphatic hydroxyl groups is 1. The standard InChI is InChI=1S/C14H14O12S3/c1-7-2-3-8(4-10(7)27(18,19)20)9-5-11(28(21,22)23)12(15)14(6-9,13(16)17)29(24,25)26/h2-5,15H,6H2,1H3,(H,16,17)(H,18,19,20)(H,21,22,23)(H,24,25,26). The smallest absolute Gasteiger partial charge is 0.335 e. The summed E-state index contributed by atoms with van der Waals surface area (Å²) in [5.41, 5.74) is -0.688. The van der Waals surface area contributed by atoms with Crippen LogP contribution in [0, 0.1) is 6.92 Å². The Morgan fingerprint density at radius 1 is 1.00 bits per heavy atom. The Hall–Kier alpha value is -2.30. The third-order valence-electron chi connectivity index (χ3n) is 4.26. The number of benzene rings is 1. The van der Waals surface area contributed by atoms with Gasteiger partial charge < -0.3 is 10.2 Å². The molecule has 5 N–H and O–H groups in total. The Bertz CT molecular complexity index is 1280. The highest BCUT2D eigenvalue weighted by molar-refractivity contribution is 7.90. The Kier molecular flexibility index (Phi) is 5.46. The molecule has 1 aromatic carbocycles. The molecule has 0 radical (unpaired) electrons. The van der Waals surface area contributed by atoms with Gasteiger partial charge in [0.15, 0.2) is 0 Å². The topological polar surface area (TPSA) is 221 Å². The van der Waals surface area contributed by atoms with E-state index in [1.807, 2.05) is 0 Å². The van der Waals surface area contributed by atoms with Gasteiger partial charge in [0.05, 0.1) is 4.90 Å². The first-order valence-electron chi connectivity index (χ1n) is 7.33. The molecule has 0 saturated carbocycles. The number of aliphatic hydroxyl groups excluding tert-OH is 1. The van der Waals surface area contributed by atoms with Crippen LogP contribution < -0.4 is 0 Å². The summed E-state index contributed by atoms with van der Waals surface area (Å²) in [6.07, 6.45) is -0.699. The molecule has 0 bridgehead atoms. The molecule has 160 valence electrons. The maximum absolute atomic E-state index is 11.8. The molecule has 0 aliphatic heterocycles. The van der Waals surface area contributed by atoms with Gasteiger partial charge in [0.2, 0.25) is 0 Å². The number of rotatable bonds is 5. The fourth-order valence-electron chi connectivity index (χ4n) is 2.79. The summed E-state index contributed by atoms with van der Waals surface area (Å²) in [7, 11) is -15.9. The largest absolute Gasteiger partial charge is 0.508 e. The molecule has 29 heavy (non-hydrogen) atoms. The van der Waals surface area contributed by atoms with Crippen molar-refractivity contribution in [2.75, 3.05) is 0 Å². The number of allylic oxidation sites excluding steroid dienone is 2. The van der Waals surface area contributed by atoms with E-state index in [0.717, 1.165) is 18.2 Å². The predicted molar refractivity (Wildman–Crippen MR) is 96.7 cm³/mol. The molecule has 1 atom stereocenters. The zero-order valence-corrected chi connectivity index (χ0v) is 16.8. The Morgan fingerprint density at radius 3 is 1.97 bits per heavy atom. The summed E-state index contributed by atoms with van der Waals surface area (Å²) in [6.45, 7) is 1.30. The summed E-state index contributed by atoms with van der Waals surface area (Å²) < 4.78 is 94.2. The lowest BCUT2D eigenvalue weighted by molar-refractivity contribution is -0.139. The summed E-state index contributed by atoms with van der Waals surface area (Å²) in [5, 5.41) is 19.5. The van der Waals surface area contributed by atoms with Crippen LogP contribution in [0.15, 0.2) is 39.8 Å². The molecule has 15 heteroatoms. The van der Waals surface area contributed by atoms with Gasteiger partial charge in [0, 0.05) is 6.42 Å². The highest BCUT2D eigenvalue weighted by Gasteiger charge is 2.59. The van der Waals surface area contributed by atoms with Gasteiger partial charge in [-0.2, -0.15) is 25.3 Å². The van der Waals surface area contributed by atoms with Crippen LogP contribution in [0.4, 0.5) is 0 Å². The third-order valence-corrected chi connectivity index (χ3v) is 7.52. The molecule has 0 spiro atoms. The Morgan fingerprint density at radius 2 is 1.55 bits per heavy atom. The lowest BCUT2D eigenvalue weighted by Crippen LogP contribution is -2.50. The second kappa shape index (κ2) is 6.89. The van der Waals surface area contributed by atoms with E-state index in [9.17, 15) is 53.9 Å². The minimum Gasteiger partial charge on any atom is -0.508 e. The molecule has 0 saturated heterocycles. The van der Waals surface area contributed by atoms with E-state index in [1.165, 1.54) is 6.92 Å². The molecule has 0 fully saturated rings. The first kappa shape index (κ1) is 23.0. The van der Waals surface area contributed by atoms with Crippen LogP contribution in [-0.2, 0) is 35.1 Å². The van der Waals surface area contributed by atoms with E-state index < -0.39 is 68.6 Å². The fraction of sp³-hybridized carbons (Fsp3) is 0.214. The lowest BCUT2D eigenvalue weighted by Gasteiger charge is -2.30. The normalized spacial score (nSPS) is 21.0. The first-order valence-corrected chi connectivity index (χ1v) is 11.7. The van der Waals surface area contributed by atoms with E-state index in [1.54, 1.807) is 0 Å². The SMILES string of the molecule is Cc1ccc(C2=CC(S(=O)(=O)O)=C(O)C(C(=O)O)(S(=O)(=O)O)C2)cc1S(=O)(=O)O. The number of aliphatic carboxylic acids is 1. The average molecular weight is 470 g/mol.